The molecule has 0 aliphatic carbocycles. The van der Waals surface area contributed by atoms with E-state index >= 15 is 0 Å². The molecule has 2 aromatic carbocycles. The van der Waals surface area contributed by atoms with E-state index < -0.39 is 15.4 Å². The Morgan fingerprint density at radius 3 is 2.23 bits per heavy atom. The minimum Gasteiger partial charge on any atom is -0.395 e. The Hall–Kier alpha value is -1.95. The number of aryl methyl sites for hydroxylation is 1. The number of aliphatic hydroxyl groups excluding tert-OH is 1. The quantitative estimate of drug-likeness (QED) is 0.713. The SMILES string of the molecule is C=CC(C)(CO)CN([C@H](C)c1ccccc1)S(=O)(=O)c1ccc(C)cc1. The van der Waals surface area contributed by atoms with Crippen molar-refractivity contribution in [2.75, 3.05) is 13.2 Å². The van der Waals surface area contributed by atoms with Crippen LogP contribution in [0.5, 0.6) is 0 Å². The van der Waals surface area contributed by atoms with Gasteiger partial charge in [-0.15, -0.1) is 6.58 Å². The molecule has 0 aliphatic rings. The van der Waals surface area contributed by atoms with Gasteiger partial charge in [-0.3, -0.25) is 0 Å². The Bertz CT molecular complexity index is 831. The van der Waals surface area contributed by atoms with Crippen LogP contribution in [0.3, 0.4) is 0 Å². The summed E-state index contributed by atoms with van der Waals surface area (Å²) >= 11 is 0. The summed E-state index contributed by atoms with van der Waals surface area (Å²) in [4.78, 5) is 0.246. The highest BCUT2D eigenvalue weighted by atomic mass is 32.2. The van der Waals surface area contributed by atoms with Gasteiger partial charge in [0.2, 0.25) is 10.0 Å². The number of aliphatic hydroxyl groups is 1. The van der Waals surface area contributed by atoms with Crippen LogP contribution in [0.1, 0.15) is 31.0 Å². The largest absolute Gasteiger partial charge is 0.395 e. The van der Waals surface area contributed by atoms with Crippen molar-refractivity contribution in [3.05, 3.63) is 78.4 Å². The highest BCUT2D eigenvalue weighted by Crippen LogP contribution is 2.32. The molecule has 4 nitrogen and oxygen atoms in total. The first-order valence-corrected chi connectivity index (χ1v) is 10.1. The lowest BCUT2D eigenvalue weighted by Crippen LogP contribution is -2.42. The lowest BCUT2D eigenvalue weighted by Gasteiger charge is -2.35. The molecule has 0 saturated carbocycles. The molecule has 0 bridgehead atoms. The molecule has 2 atom stereocenters. The Balaban J connectivity index is 2.52. The first-order chi connectivity index (χ1) is 12.2. The number of nitrogens with zero attached hydrogens (tertiary/aromatic N) is 1. The fraction of sp³-hybridized carbons (Fsp3) is 0.333. The molecule has 0 radical (unpaired) electrons. The number of benzene rings is 2. The molecule has 2 rings (SSSR count). The number of hydrogen-bond donors (Lipinski definition) is 1. The average Bonchev–Trinajstić information content (AvgIpc) is 2.66. The second-order valence-electron chi connectivity index (χ2n) is 6.97. The van der Waals surface area contributed by atoms with Gasteiger partial charge in [-0.2, -0.15) is 4.31 Å². The van der Waals surface area contributed by atoms with Gasteiger partial charge in [0.05, 0.1) is 11.5 Å². The summed E-state index contributed by atoms with van der Waals surface area (Å²) in [5, 5.41) is 9.77. The van der Waals surface area contributed by atoms with E-state index in [0.29, 0.717) is 0 Å². The minimum absolute atomic E-state index is 0.138. The van der Waals surface area contributed by atoms with E-state index in [4.69, 9.17) is 0 Å². The molecule has 0 spiro atoms. The van der Waals surface area contributed by atoms with Crippen molar-refractivity contribution in [2.45, 2.75) is 31.7 Å². The number of rotatable bonds is 8. The van der Waals surface area contributed by atoms with Crippen molar-refractivity contribution >= 4 is 10.0 Å². The fourth-order valence-corrected chi connectivity index (χ4v) is 4.46. The van der Waals surface area contributed by atoms with Crippen molar-refractivity contribution in [3.8, 4) is 0 Å². The molecule has 1 N–H and O–H groups in total. The van der Waals surface area contributed by atoms with E-state index in [1.165, 1.54) is 4.31 Å². The summed E-state index contributed by atoms with van der Waals surface area (Å²) in [6, 6.07) is 15.9. The molecular formula is C21H27NO3S. The summed E-state index contributed by atoms with van der Waals surface area (Å²) in [6.45, 7) is 9.31. The maximum absolute atomic E-state index is 13.4. The molecule has 1 unspecified atom stereocenters. The molecule has 2 aromatic rings. The monoisotopic (exact) mass is 373 g/mol. The van der Waals surface area contributed by atoms with Crippen LogP contribution in [0.4, 0.5) is 0 Å². The molecule has 26 heavy (non-hydrogen) atoms. The van der Waals surface area contributed by atoms with E-state index in [2.05, 4.69) is 6.58 Å². The zero-order chi connectivity index (χ0) is 19.4. The summed E-state index contributed by atoms with van der Waals surface area (Å²) in [5.74, 6) is 0. The van der Waals surface area contributed by atoms with E-state index in [-0.39, 0.29) is 24.1 Å². The van der Waals surface area contributed by atoms with Crippen LogP contribution in [0.15, 0.2) is 72.1 Å². The summed E-state index contributed by atoms with van der Waals surface area (Å²) < 4.78 is 28.2. The van der Waals surface area contributed by atoms with Gasteiger partial charge >= 0.3 is 0 Å². The van der Waals surface area contributed by atoms with Gasteiger partial charge in [-0.05, 0) is 31.5 Å². The van der Waals surface area contributed by atoms with Crippen molar-refractivity contribution in [3.63, 3.8) is 0 Å². The summed E-state index contributed by atoms with van der Waals surface area (Å²) in [5.41, 5.74) is 1.16. The van der Waals surface area contributed by atoms with E-state index in [0.717, 1.165) is 11.1 Å². The van der Waals surface area contributed by atoms with Gasteiger partial charge in [0.15, 0.2) is 0 Å². The average molecular weight is 374 g/mol. The predicted octanol–water partition coefficient (Wildman–Crippen LogP) is 3.93. The van der Waals surface area contributed by atoms with Crippen molar-refractivity contribution in [2.24, 2.45) is 5.41 Å². The van der Waals surface area contributed by atoms with Crippen molar-refractivity contribution < 1.29 is 13.5 Å². The van der Waals surface area contributed by atoms with E-state index in [1.54, 1.807) is 37.3 Å². The fourth-order valence-electron chi connectivity index (χ4n) is 2.71. The van der Waals surface area contributed by atoms with Crippen molar-refractivity contribution in [1.29, 1.82) is 0 Å². The van der Waals surface area contributed by atoms with Gasteiger partial charge in [-0.25, -0.2) is 8.42 Å². The van der Waals surface area contributed by atoms with Gasteiger partial charge in [0.25, 0.3) is 0 Å². The molecule has 0 saturated heterocycles. The van der Waals surface area contributed by atoms with Crippen LogP contribution in [0.2, 0.25) is 0 Å². The maximum atomic E-state index is 13.4. The third kappa shape index (κ3) is 4.41. The predicted molar refractivity (Wildman–Crippen MR) is 105 cm³/mol. The maximum Gasteiger partial charge on any atom is 0.243 e. The second kappa shape index (κ2) is 8.16. The first kappa shape index (κ1) is 20.4. The lowest BCUT2D eigenvalue weighted by atomic mass is 9.91. The molecule has 5 heteroatoms. The molecule has 140 valence electrons. The van der Waals surface area contributed by atoms with Gasteiger partial charge in [-0.1, -0.05) is 61.0 Å². The third-order valence-electron chi connectivity index (χ3n) is 4.71. The van der Waals surface area contributed by atoms with Crippen LogP contribution < -0.4 is 0 Å². The van der Waals surface area contributed by atoms with Crippen molar-refractivity contribution in [1.82, 2.24) is 4.31 Å². The molecule has 0 fully saturated rings. The van der Waals surface area contributed by atoms with Crippen LogP contribution in [0.25, 0.3) is 0 Å². The van der Waals surface area contributed by atoms with E-state index in [9.17, 15) is 13.5 Å². The Kier molecular flexibility index (Phi) is 6.39. The standard InChI is InChI=1S/C21H27NO3S/c1-5-21(4,16-23)15-22(18(3)19-9-7-6-8-10-19)26(24,25)20-13-11-17(2)12-14-20/h5-14,18,23H,1,15-16H2,2-4H3/t18-,21?/m1/s1. The Labute approximate surface area is 156 Å². The van der Waals surface area contributed by atoms with Crippen LogP contribution >= 0.6 is 0 Å². The highest BCUT2D eigenvalue weighted by molar-refractivity contribution is 7.89. The normalized spacial score (nSPS) is 15.4. The number of hydrogen-bond acceptors (Lipinski definition) is 3. The molecule has 0 amide bonds. The zero-order valence-electron chi connectivity index (χ0n) is 15.6. The molecular weight excluding hydrogens is 346 g/mol. The van der Waals surface area contributed by atoms with Gasteiger partial charge in [0.1, 0.15) is 0 Å². The highest BCUT2D eigenvalue weighted by Gasteiger charge is 2.35. The van der Waals surface area contributed by atoms with Crippen LogP contribution in [-0.4, -0.2) is 31.0 Å². The molecule has 0 heterocycles. The smallest absolute Gasteiger partial charge is 0.243 e. The topological polar surface area (TPSA) is 57.6 Å². The summed E-state index contributed by atoms with van der Waals surface area (Å²) in [6.07, 6.45) is 1.61. The first-order valence-electron chi connectivity index (χ1n) is 8.61. The lowest BCUT2D eigenvalue weighted by molar-refractivity contribution is 0.147. The molecule has 0 aromatic heterocycles. The van der Waals surface area contributed by atoms with Gasteiger partial charge in [0, 0.05) is 18.0 Å². The number of sulfonamides is 1. The Morgan fingerprint density at radius 2 is 1.73 bits per heavy atom. The second-order valence-corrected chi connectivity index (χ2v) is 8.86. The Morgan fingerprint density at radius 1 is 1.15 bits per heavy atom. The zero-order valence-corrected chi connectivity index (χ0v) is 16.4. The van der Waals surface area contributed by atoms with Crippen LogP contribution in [0, 0.1) is 12.3 Å². The van der Waals surface area contributed by atoms with E-state index in [1.807, 2.05) is 44.2 Å². The molecule has 0 aliphatic heterocycles. The van der Waals surface area contributed by atoms with Crippen LogP contribution in [-0.2, 0) is 10.0 Å². The minimum atomic E-state index is -3.74. The van der Waals surface area contributed by atoms with Gasteiger partial charge < -0.3 is 5.11 Å². The third-order valence-corrected chi connectivity index (χ3v) is 6.64. The summed E-state index contributed by atoms with van der Waals surface area (Å²) in [7, 11) is -3.74.